The lowest BCUT2D eigenvalue weighted by molar-refractivity contribution is 0.909. The fraction of sp³-hybridized carbons (Fsp3) is 0.143. The van der Waals surface area contributed by atoms with Gasteiger partial charge in [0.2, 0.25) is 4.96 Å². The number of aryl methyl sites for hydroxylation is 1. The summed E-state index contributed by atoms with van der Waals surface area (Å²) in [6.07, 6.45) is 0.682. The Kier molecular flexibility index (Phi) is 3.81. The quantitative estimate of drug-likeness (QED) is 0.523. The largest absolute Gasteiger partial charge is 0.246 e. The first-order chi connectivity index (χ1) is 11.1. The van der Waals surface area contributed by atoms with E-state index in [1.165, 1.54) is 11.3 Å². The van der Waals surface area contributed by atoms with Crippen molar-refractivity contribution in [1.29, 1.82) is 0 Å². The maximum Gasteiger partial charge on any atom is 0.234 e. The molecular weight excluding hydrogens is 373 g/mol. The first-order valence-corrected chi connectivity index (χ1v) is 9.13. The SMILES string of the molecule is Cc1nc(Cc2nn3c(-c4cc(Cl)ccc4Cl)nnc3s2)cs1. The highest BCUT2D eigenvalue weighted by Gasteiger charge is 2.16. The number of hydrogen-bond donors (Lipinski definition) is 0. The summed E-state index contributed by atoms with van der Waals surface area (Å²) < 4.78 is 1.71. The second-order valence-electron chi connectivity index (χ2n) is 4.87. The first kappa shape index (κ1) is 15.0. The molecular formula is C14H9Cl2N5S2. The molecule has 0 spiro atoms. The van der Waals surface area contributed by atoms with Crippen molar-refractivity contribution in [1.82, 2.24) is 24.8 Å². The molecule has 0 saturated carbocycles. The van der Waals surface area contributed by atoms with Crippen molar-refractivity contribution < 1.29 is 0 Å². The molecule has 0 atom stereocenters. The number of aromatic nitrogens is 5. The molecule has 0 amide bonds. The molecule has 3 aromatic heterocycles. The van der Waals surface area contributed by atoms with Crippen molar-refractivity contribution in [3.05, 3.63) is 49.3 Å². The van der Waals surface area contributed by atoms with Gasteiger partial charge in [0.05, 0.1) is 15.7 Å². The second-order valence-corrected chi connectivity index (χ2v) is 7.82. The average molecular weight is 382 g/mol. The molecule has 116 valence electrons. The molecule has 9 heteroatoms. The summed E-state index contributed by atoms with van der Waals surface area (Å²) in [4.78, 5) is 5.19. The van der Waals surface area contributed by atoms with Crippen molar-refractivity contribution in [2.24, 2.45) is 0 Å². The highest BCUT2D eigenvalue weighted by atomic mass is 35.5. The van der Waals surface area contributed by atoms with Crippen molar-refractivity contribution in [3.8, 4) is 11.4 Å². The van der Waals surface area contributed by atoms with Crippen LogP contribution in [0.25, 0.3) is 16.3 Å². The van der Waals surface area contributed by atoms with Gasteiger partial charge < -0.3 is 0 Å². The summed E-state index contributed by atoms with van der Waals surface area (Å²) in [6.45, 7) is 1.99. The fourth-order valence-electron chi connectivity index (χ4n) is 2.21. The Morgan fingerprint density at radius 2 is 2.09 bits per heavy atom. The van der Waals surface area contributed by atoms with E-state index in [0.29, 0.717) is 27.9 Å². The minimum absolute atomic E-state index is 0.563. The van der Waals surface area contributed by atoms with Crippen molar-refractivity contribution in [2.45, 2.75) is 13.3 Å². The van der Waals surface area contributed by atoms with Crippen LogP contribution in [-0.2, 0) is 6.42 Å². The van der Waals surface area contributed by atoms with Gasteiger partial charge in [-0.2, -0.15) is 9.61 Å². The van der Waals surface area contributed by atoms with Crippen LogP contribution in [-0.4, -0.2) is 24.8 Å². The minimum atomic E-state index is 0.563. The average Bonchev–Trinajstić information content (AvgIpc) is 3.18. The molecule has 0 fully saturated rings. The van der Waals surface area contributed by atoms with Gasteiger partial charge in [0.25, 0.3) is 0 Å². The molecule has 0 saturated heterocycles. The number of fused-ring (bicyclic) bond motifs is 1. The van der Waals surface area contributed by atoms with Gasteiger partial charge in [0, 0.05) is 22.4 Å². The zero-order chi connectivity index (χ0) is 16.0. The molecule has 1 aromatic carbocycles. The molecule has 0 aliphatic heterocycles. The lowest BCUT2D eigenvalue weighted by atomic mass is 10.2. The second kappa shape index (κ2) is 5.83. The smallest absolute Gasteiger partial charge is 0.234 e. The third-order valence-corrected chi connectivity index (χ3v) is 5.49. The van der Waals surface area contributed by atoms with Gasteiger partial charge in [-0.3, -0.25) is 0 Å². The van der Waals surface area contributed by atoms with Crippen molar-refractivity contribution in [2.75, 3.05) is 0 Å². The predicted octanol–water partition coefficient (Wildman–Crippen LogP) is 4.52. The van der Waals surface area contributed by atoms with Gasteiger partial charge in [-0.15, -0.1) is 21.5 Å². The lowest BCUT2D eigenvalue weighted by Crippen LogP contribution is -1.94. The van der Waals surface area contributed by atoms with Crippen molar-refractivity contribution >= 4 is 50.8 Å². The maximum absolute atomic E-state index is 6.25. The summed E-state index contributed by atoms with van der Waals surface area (Å²) in [5, 5.41) is 18.1. The van der Waals surface area contributed by atoms with Crippen LogP contribution in [0.3, 0.4) is 0 Å². The van der Waals surface area contributed by atoms with Gasteiger partial charge in [0.1, 0.15) is 5.01 Å². The summed E-state index contributed by atoms with van der Waals surface area (Å²) >= 11 is 15.4. The molecule has 4 aromatic rings. The molecule has 3 heterocycles. The van der Waals surface area contributed by atoms with Gasteiger partial charge in [-0.05, 0) is 25.1 Å². The Balaban J connectivity index is 1.76. The fourth-order valence-corrected chi connectivity index (χ4v) is 4.04. The van der Waals surface area contributed by atoms with E-state index >= 15 is 0 Å². The van der Waals surface area contributed by atoms with Crippen LogP contribution in [0.4, 0.5) is 0 Å². The van der Waals surface area contributed by atoms with Crippen LogP contribution < -0.4 is 0 Å². The first-order valence-electron chi connectivity index (χ1n) is 6.68. The highest BCUT2D eigenvalue weighted by molar-refractivity contribution is 7.16. The standard InChI is InChI=1S/C14H9Cl2N5S2/c1-7-17-9(6-22-7)5-12-20-21-13(18-19-14(21)23-12)10-4-8(15)2-3-11(10)16/h2-4,6H,5H2,1H3. The number of halogens is 2. The number of nitrogens with zero attached hydrogens (tertiary/aromatic N) is 5. The third-order valence-electron chi connectivity index (χ3n) is 3.20. The van der Waals surface area contributed by atoms with E-state index in [0.717, 1.165) is 20.7 Å². The zero-order valence-electron chi connectivity index (χ0n) is 11.8. The molecule has 0 radical (unpaired) electrons. The summed E-state index contributed by atoms with van der Waals surface area (Å²) in [7, 11) is 0. The van der Waals surface area contributed by atoms with E-state index in [2.05, 4.69) is 20.3 Å². The molecule has 4 rings (SSSR count). The van der Waals surface area contributed by atoms with Crippen LogP contribution in [0, 0.1) is 6.92 Å². The summed E-state index contributed by atoms with van der Waals surface area (Å²) in [6, 6.07) is 5.25. The van der Waals surface area contributed by atoms with Gasteiger partial charge in [-0.1, -0.05) is 34.5 Å². The lowest BCUT2D eigenvalue weighted by Gasteiger charge is -2.01. The molecule has 23 heavy (non-hydrogen) atoms. The molecule has 5 nitrogen and oxygen atoms in total. The van der Waals surface area contributed by atoms with Crippen LogP contribution in [0.15, 0.2) is 23.6 Å². The van der Waals surface area contributed by atoms with E-state index in [1.807, 2.05) is 12.3 Å². The molecule has 0 N–H and O–H groups in total. The maximum atomic E-state index is 6.25. The van der Waals surface area contributed by atoms with Gasteiger partial charge >= 0.3 is 0 Å². The molecule has 0 bridgehead atoms. The molecule has 0 aliphatic rings. The van der Waals surface area contributed by atoms with E-state index in [9.17, 15) is 0 Å². The monoisotopic (exact) mass is 381 g/mol. The zero-order valence-corrected chi connectivity index (χ0v) is 15.0. The highest BCUT2D eigenvalue weighted by Crippen LogP contribution is 2.30. The normalized spacial score (nSPS) is 11.4. The van der Waals surface area contributed by atoms with E-state index < -0.39 is 0 Å². The van der Waals surface area contributed by atoms with Crippen molar-refractivity contribution in [3.63, 3.8) is 0 Å². The topological polar surface area (TPSA) is 56.0 Å². The number of benzene rings is 1. The summed E-state index contributed by atoms with van der Waals surface area (Å²) in [5.74, 6) is 0.587. The minimum Gasteiger partial charge on any atom is -0.246 e. The van der Waals surface area contributed by atoms with E-state index in [-0.39, 0.29) is 0 Å². The Bertz CT molecular complexity index is 1000. The third kappa shape index (κ3) is 2.85. The van der Waals surface area contributed by atoms with E-state index in [1.54, 1.807) is 34.1 Å². The number of thiazole rings is 1. The Hall–Kier alpha value is -1.54. The number of rotatable bonds is 3. The van der Waals surface area contributed by atoms with Gasteiger partial charge in [0.15, 0.2) is 5.82 Å². The molecule has 0 aliphatic carbocycles. The van der Waals surface area contributed by atoms with Crippen LogP contribution in [0.5, 0.6) is 0 Å². The van der Waals surface area contributed by atoms with Crippen LogP contribution in [0.1, 0.15) is 15.7 Å². The predicted molar refractivity (Wildman–Crippen MR) is 93.8 cm³/mol. The Morgan fingerprint density at radius 3 is 2.87 bits per heavy atom. The number of hydrogen-bond acceptors (Lipinski definition) is 6. The van der Waals surface area contributed by atoms with Crippen LogP contribution in [0.2, 0.25) is 10.0 Å². The Morgan fingerprint density at radius 1 is 1.22 bits per heavy atom. The van der Waals surface area contributed by atoms with E-state index in [4.69, 9.17) is 23.2 Å². The summed E-state index contributed by atoms with van der Waals surface area (Å²) in [5.41, 5.74) is 1.73. The molecule has 0 unspecified atom stereocenters. The van der Waals surface area contributed by atoms with Crippen LogP contribution >= 0.6 is 45.9 Å². The Labute approximate surface area is 149 Å². The van der Waals surface area contributed by atoms with Gasteiger partial charge in [-0.25, -0.2) is 4.98 Å².